The van der Waals surface area contributed by atoms with E-state index >= 15 is 0 Å². The quantitative estimate of drug-likeness (QED) is 0.477. The van der Waals surface area contributed by atoms with Crippen molar-refractivity contribution in [3.05, 3.63) is 59.9 Å². The molecule has 0 atom stereocenters. The molecule has 34 heavy (non-hydrogen) atoms. The van der Waals surface area contributed by atoms with Gasteiger partial charge in [0.25, 0.3) is 0 Å². The molecular weight excluding hydrogens is 448 g/mol. The number of carbonyl (C=O) groups is 1. The first kappa shape index (κ1) is 24.4. The summed E-state index contributed by atoms with van der Waals surface area (Å²) in [5.41, 5.74) is 2.84. The van der Waals surface area contributed by atoms with Crippen molar-refractivity contribution in [3.63, 3.8) is 0 Å². The molecule has 0 bridgehead atoms. The molecule has 0 aliphatic heterocycles. The minimum Gasteiger partial charge on any atom is -0.355 e. The van der Waals surface area contributed by atoms with Crippen molar-refractivity contribution in [2.24, 2.45) is 7.05 Å². The van der Waals surface area contributed by atoms with E-state index in [0.717, 1.165) is 24.2 Å². The van der Waals surface area contributed by atoms with Gasteiger partial charge in [-0.1, -0.05) is 50.6 Å². The molecule has 1 amide bonds. The van der Waals surface area contributed by atoms with Crippen LogP contribution < -0.4 is 5.32 Å². The summed E-state index contributed by atoms with van der Waals surface area (Å²) in [5, 5.41) is 3.14. The molecule has 2 aromatic carbocycles. The summed E-state index contributed by atoms with van der Waals surface area (Å²) in [6.07, 6.45) is 4.22. The van der Waals surface area contributed by atoms with Gasteiger partial charge in [0.2, 0.25) is 15.9 Å². The van der Waals surface area contributed by atoms with Crippen molar-refractivity contribution in [2.75, 3.05) is 19.6 Å². The number of hydrogen-bond donors (Lipinski definition) is 1. The molecule has 1 aliphatic carbocycles. The van der Waals surface area contributed by atoms with Crippen LogP contribution in [-0.4, -0.2) is 47.8 Å². The van der Waals surface area contributed by atoms with Gasteiger partial charge in [-0.25, -0.2) is 13.4 Å². The van der Waals surface area contributed by atoms with Crippen molar-refractivity contribution >= 4 is 27.0 Å². The lowest BCUT2D eigenvalue weighted by molar-refractivity contribution is -0.121. The van der Waals surface area contributed by atoms with Crippen LogP contribution in [0.1, 0.15) is 50.9 Å². The number of aryl methyl sites for hydroxylation is 2. The maximum Gasteiger partial charge on any atom is 0.243 e. The number of aromatic nitrogens is 2. The topological polar surface area (TPSA) is 84.3 Å². The van der Waals surface area contributed by atoms with E-state index in [0.29, 0.717) is 38.0 Å². The highest BCUT2D eigenvalue weighted by atomic mass is 32.2. The van der Waals surface area contributed by atoms with Crippen molar-refractivity contribution in [1.82, 2.24) is 19.2 Å². The number of fused-ring (bicyclic) bond motifs is 1. The summed E-state index contributed by atoms with van der Waals surface area (Å²) in [5.74, 6) is 0.781. The molecule has 182 valence electrons. The Bertz CT molecular complexity index is 1260. The van der Waals surface area contributed by atoms with E-state index in [1.54, 1.807) is 18.2 Å². The lowest BCUT2D eigenvalue weighted by Crippen LogP contribution is -2.45. The van der Waals surface area contributed by atoms with E-state index in [9.17, 15) is 13.2 Å². The third-order valence-corrected chi connectivity index (χ3v) is 9.23. The Labute approximate surface area is 202 Å². The van der Waals surface area contributed by atoms with Gasteiger partial charge in [0.05, 0.1) is 15.9 Å². The largest absolute Gasteiger partial charge is 0.355 e. The van der Waals surface area contributed by atoms with E-state index in [1.165, 1.54) is 16.3 Å². The van der Waals surface area contributed by atoms with Gasteiger partial charge < -0.3 is 9.88 Å². The first-order valence-electron chi connectivity index (χ1n) is 12.1. The van der Waals surface area contributed by atoms with E-state index in [1.807, 2.05) is 31.5 Å². The van der Waals surface area contributed by atoms with Crippen LogP contribution in [0, 0.1) is 0 Å². The summed E-state index contributed by atoms with van der Waals surface area (Å²) in [6.45, 7) is 5.16. The molecule has 0 spiro atoms. The number of hydrogen-bond acceptors (Lipinski definition) is 4. The molecule has 1 N–H and O–H groups in total. The number of benzene rings is 2. The summed E-state index contributed by atoms with van der Waals surface area (Å²) < 4.78 is 29.1. The Balaban J connectivity index is 1.42. The maximum absolute atomic E-state index is 12.9. The molecular formula is C26H34N4O3S. The molecule has 3 aromatic rings. The van der Waals surface area contributed by atoms with Crippen LogP contribution in [0.15, 0.2) is 53.4 Å². The standard InChI is InChI=1S/C26H34N4O3S/c1-4-30(5-2)34(32,33)21-12-13-23-22(18-21)28-24(29(23)3)14-15-25(31)27-19-26(16-9-17-26)20-10-7-6-8-11-20/h6-8,10-13,18H,4-5,9,14-17,19H2,1-3H3,(H,27,31). The Morgan fingerprint density at radius 1 is 1.12 bits per heavy atom. The van der Waals surface area contributed by atoms with E-state index in [2.05, 4.69) is 34.6 Å². The van der Waals surface area contributed by atoms with Gasteiger partial charge >= 0.3 is 0 Å². The molecule has 1 fully saturated rings. The van der Waals surface area contributed by atoms with Gasteiger partial charge in [0.15, 0.2) is 0 Å². The molecule has 1 heterocycles. The number of amides is 1. The Morgan fingerprint density at radius 2 is 1.82 bits per heavy atom. The second-order valence-corrected chi connectivity index (χ2v) is 11.0. The predicted molar refractivity (Wildman–Crippen MR) is 134 cm³/mol. The van der Waals surface area contributed by atoms with Gasteiger partial charge in [0.1, 0.15) is 5.82 Å². The monoisotopic (exact) mass is 482 g/mol. The van der Waals surface area contributed by atoms with Crippen LogP contribution in [0.4, 0.5) is 0 Å². The predicted octanol–water partition coefficient (Wildman–Crippen LogP) is 3.77. The van der Waals surface area contributed by atoms with Crippen LogP contribution >= 0.6 is 0 Å². The number of carbonyl (C=O) groups excluding carboxylic acids is 1. The van der Waals surface area contributed by atoms with Crippen molar-refractivity contribution < 1.29 is 13.2 Å². The van der Waals surface area contributed by atoms with Crippen LogP contribution in [-0.2, 0) is 33.7 Å². The average molecular weight is 483 g/mol. The average Bonchev–Trinajstić information content (AvgIpc) is 3.13. The third kappa shape index (κ3) is 4.61. The van der Waals surface area contributed by atoms with Crippen LogP contribution in [0.3, 0.4) is 0 Å². The molecule has 0 saturated heterocycles. The van der Waals surface area contributed by atoms with Crippen molar-refractivity contribution in [2.45, 2.75) is 56.3 Å². The van der Waals surface area contributed by atoms with Gasteiger partial charge in [0, 0.05) is 44.9 Å². The first-order valence-corrected chi connectivity index (χ1v) is 13.5. The number of sulfonamides is 1. The highest BCUT2D eigenvalue weighted by molar-refractivity contribution is 7.89. The fourth-order valence-electron chi connectivity index (χ4n) is 4.87. The molecule has 1 aromatic heterocycles. The fraction of sp³-hybridized carbons (Fsp3) is 0.462. The molecule has 7 nitrogen and oxygen atoms in total. The van der Waals surface area contributed by atoms with Crippen LogP contribution in [0.25, 0.3) is 11.0 Å². The zero-order chi connectivity index (χ0) is 24.3. The summed E-state index contributed by atoms with van der Waals surface area (Å²) >= 11 is 0. The van der Waals surface area contributed by atoms with Gasteiger partial charge in [-0.15, -0.1) is 0 Å². The Hall–Kier alpha value is -2.71. The Kier molecular flexibility index (Phi) is 7.09. The van der Waals surface area contributed by atoms with Gasteiger partial charge in [-0.05, 0) is 36.6 Å². The highest BCUT2D eigenvalue weighted by Gasteiger charge is 2.38. The molecule has 1 saturated carbocycles. The van der Waals surface area contributed by atoms with E-state index < -0.39 is 10.0 Å². The van der Waals surface area contributed by atoms with Crippen LogP contribution in [0.5, 0.6) is 0 Å². The number of nitrogens with zero attached hydrogens (tertiary/aromatic N) is 3. The maximum atomic E-state index is 12.9. The molecule has 4 rings (SSSR count). The molecule has 1 aliphatic rings. The first-order chi connectivity index (χ1) is 16.3. The lowest BCUT2D eigenvalue weighted by Gasteiger charge is -2.42. The van der Waals surface area contributed by atoms with Gasteiger partial charge in [-0.2, -0.15) is 4.31 Å². The SMILES string of the molecule is CCN(CC)S(=O)(=O)c1ccc2c(c1)nc(CCC(=O)NCC1(c3ccccc3)CCC1)n2C. The fourth-order valence-corrected chi connectivity index (χ4v) is 6.35. The number of imidazole rings is 1. The number of rotatable bonds is 10. The minimum atomic E-state index is -3.54. The normalized spacial score (nSPS) is 15.4. The smallest absolute Gasteiger partial charge is 0.243 e. The molecule has 0 unspecified atom stereocenters. The summed E-state index contributed by atoms with van der Waals surface area (Å²) in [4.78, 5) is 17.6. The van der Waals surface area contributed by atoms with Crippen molar-refractivity contribution in [3.8, 4) is 0 Å². The zero-order valence-corrected chi connectivity index (χ0v) is 21.1. The molecule has 0 radical (unpaired) electrons. The third-order valence-electron chi connectivity index (χ3n) is 7.18. The Morgan fingerprint density at radius 3 is 2.44 bits per heavy atom. The number of nitrogens with one attached hydrogen (secondary N) is 1. The summed E-state index contributed by atoms with van der Waals surface area (Å²) in [7, 11) is -1.64. The van der Waals surface area contributed by atoms with E-state index in [4.69, 9.17) is 0 Å². The minimum absolute atomic E-state index is 0.0130. The lowest BCUT2D eigenvalue weighted by atomic mass is 9.64. The van der Waals surface area contributed by atoms with Crippen molar-refractivity contribution in [1.29, 1.82) is 0 Å². The second-order valence-electron chi connectivity index (χ2n) is 9.10. The van der Waals surface area contributed by atoms with Crippen LogP contribution in [0.2, 0.25) is 0 Å². The summed E-state index contributed by atoms with van der Waals surface area (Å²) in [6, 6.07) is 15.5. The van der Waals surface area contributed by atoms with E-state index in [-0.39, 0.29) is 16.2 Å². The van der Waals surface area contributed by atoms with Gasteiger partial charge in [-0.3, -0.25) is 4.79 Å². The highest BCUT2D eigenvalue weighted by Crippen LogP contribution is 2.43. The zero-order valence-electron chi connectivity index (χ0n) is 20.3. The second kappa shape index (κ2) is 9.88. The molecule has 8 heteroatoms.